The molecule has 0 heterocycles. The number of hydrogen-bond acceptors (Lipinski definition) is 3. The quantitative estimate of drug-likeness (QED) is 0.153. The number of rotatable bonds is 5. The van der Waals surface area contributed by atoms with Gasteiger partial charge in [0.25, 0.3) is 0 Å². The Labute approximate surface area is 195 Å². The van der Waals surface area contributed by atoms with Crippen molar-refractivity contribution in [2.24, 2.45) is 0 Å². The van der Waals surface area contributed by atoms with Gasteiger partial charge in [0.2, 0.25) is 0 Å². The minimum atomic E-state index is -4.61. The van der Waals surface area contributed by atoms with Gasteiger partial charge in [-0.15, -0.1) is 0 Å². The van der Waals surface area contributed by atoms with Gasteiger partial charge in [-0.25, -0.2) is 4.57 Å². The summed E-state index contributed by atoms with van der Waals surface area (Å²) in [6.45, 7) is -0.435. The van der Waals surface area contributed by atoms with Crippen LogP contribution in [0.2, 0.25) is 0 Å². The number of benzene rings is 6. The third-order valence-electron chi connectivity index (χ3n) is 6.47. The first-order chi connectivity index (χ1) is 16.4. The number of phosphoric acid groups is 1. The molecular formula is C28H21O5P. The lowest BCUT2D eigenvalue weighted by Gasteiger charge is -2.17. The molecule has 168 valence electrons. The maximum Gasteiger partial charge on any atom is 0.469 e. The van der Waals surface area contributed by atoms with E-state index in [9.17, 15) is 9.67 Å². The molecule has 0 fully saturated rings. The van der Waals surface area contributed by atoms with Crippen LogP contribution < -0.4 is 0 Å². The van der Waals surface area contributed by atoms with Crippen molar-refractivity contribution in [3.05, 3.63) is 96.1 Å². The Balaban J connectivity index is 1.64. The Kier molecular flexibility index (Phi) is 4.92. The molecule has 6 aromatic carbocycles. The van der Waals surface area contributed by atoms with Gasteiger partial charge < -0.3 is 14.9 Å². The average molecular weight is 468 g/mol. The molecule has 0 spiro atoms. The maximum atomic E-state index is 11.2. The molecule has 3 N–H and O–H groups in total. The van der Waals surface area contributed by atoms with Gasteiger partial charge in [0.15, 0.2) is 0 Å². The molecule has 5 nitrogen and oxygen atoms in total. The fourth-order valence-corrected chi connectivity index (χ4v) is 5.47. The molecule has 6 aromatic rings. The predicted molar refractivity (Wildman–Crippen MR) is 136 cm³/mol. The Morgan fingerprint density at radius 1 is 0.676 bits per heavy atom. The van der Waals surface area contributed by atoms with Crippen molar-refractivity contribution in [2.45, 2.75) is 13.2 Å². The van der Waals surface area contributed by atoms with Crippen molar-refractivity contribution in [1.82, 2.24) is 0 Å². The first kappa shape index (κ1) is 21.2. The Morgan fingerprint density at radius 2 is 1.26 bits per heavy atom. The average Bonchev–Trinajstić information content (AvgIpc) is 2.85. The van der Waals surface area contributed by atoms with Crippen LogP contribution >= 0.6 is 7.82 Å². The standard InChI is InChI=1S/C28H21O5P/c29-15-17-12-18(16-33-34(30,31)32)14-20(13-17)21-10-11-26-24-7-2-5-19-4-1-6-23(27(19)24)25-9-3-8-22(21)28(25)26/h1-14,29H,15-16H2,(H2,30,31,32). The molecular weight excluding hydrogens is 447 g/mol. The highest BCUT2D eigenvalue weighted by molar-refractivity contribution is 7.46. The zero-order valence-corrected chi connectivity index (χ0v) is 19.0. The molecule has 0 radical (unpaired) electrons. The minimum Gasteiger partial charge on any atom is -0.392 e. The van der Waals surface area contributed by atoms with E-state index in [2.05, 4.69) is 66.7 Å². The maximum absolute atomic E-state index is 11.2. The summed E-state index contributed by atoms with van der Waals surface area (Å²) in [5.74, 6) is 0. The van der Waals surface area contributed by atoms with Crippen LogP contribution in [0, 0.1) is 0 Å². The summed E-state index contributed by atoms with van der Waals surface area (Å²) in [5.41, 5.74) is 3.08. The lowest BCUT2D eigenvalue weighted by atomic mass is 9.87. The second-order valence-corrected chi connectivity index (χ2v) is 9.80. The summed E-state index contributed by atoms with van der Waals surface area (Å²) in [6.07, 6.45) is 0. The van der Waals surface area contributed by atoms with Gasteiger partial charge in [0.05, 0.1) is 13.2 Å². The Hall–Kier alpha value is -3.31. The first-order valence-corrected chi connectivity index (χ1v) is 12.5. The van der Waals surface area contributed by atoms with Crippen molar-refractivity contribution in [3.63, 3.8) is 0 Å². The number of fused-ring (bicyclic) bond motifs is 2. The van der Waals surface area contributed by atoms with Crippen molar-refractivity contribution >= 4 is 50.9 Å². The van der Waals surface area contributed by atoms with Crippen LogP contribution in [0.3, 0.4) is 0 Å². The lowest BCUT2D eigenvalue weighted by molar-refractivity contribution is 0.189. The highest BCUT2D eigenvalue weighted by Gasteiger charge is 2.17. The van der Waals surface area contributed by atoms with E-state index in [1.54, 1.807) is 6.07 Å². The monoisotopic (exact) mass is 468 g/mol. The fourth-order valence-electron chi connectivity index (χ4n) is 5.15. The van der Waals surface area contributed by atoms with E-state index in [-0.39, 0.29) is 13.2 Å². The smallest absolute Gasteiger partial charge is 0.392 e. The van der Waals surface area contributed by atoms with Gasteiger partial charge in [0.1, 0.15) is 0 Å². The largest absolute Gasteiger partial charge is 0.469 e. The molecule has 0 bridgehead atoms. The van der Waals surface area contributed by atoms with Crippen molar-refractivity contribution < 1.29 is 24.0 Å². The fraction of sp³-hybridized carbons (Fsp3) is 0.0714. The summed E-state index contributed by atoms with van der Waals surface area (Å²) in [4.78, 5) is 18.2. The van der Waals surface area contributed by atoms with E-state index in [0.717, 1.165) is 16.5 Å². The molecule has 0 aliphatic rings. The molecule has 0 aliphatic heterocycles. The van der Waals surface area contributed by atoms with E-state index in [4.69, 9.17) is 14.3 Å². The Morgan fingerprint density at radius 3 is 1.94 bits per heavy atom. The van der Waals surface area contributed by atoms with Crippen LogP contribution in [-0.2, 0) is 22.3 Å². The van der Waals surface area contributed by atoms with Crippen LogP contribution in [-0.4, -0.2) is 14.9 Å². The lowest BCUT2D eigenvalue weighted by Crippen LogP contribution is -1.95. The van der Waals surface area contributed by atoms with Gasteiger partial charge in [-0.2, -0.15) is 0 Å². The number of hydrogen-bond donors (Lipinski definition) is 3. The minimum absolute atomic E-state index is 0.187. The van der Waals surface area contributed by atoms with Crippen molar-refractivity contribution in [3.8, 4) is 11.1 Å². The molecule has 6 heteroatoms. The summed E-state index contributed by atoms with van der Waals surface area (Å²) in [7, 11) is -4.61. The van der Waals surface area contributed by atoms with Crippen molar-refractivity contribution in [2.75, 3.05) is 0 Å². The summed E-state index contributed by atoms with van der Waals surface area (Å²) < 4.78 is 15.9. The van der Waals surface area contributed by atoms with E-state index < -0.39 is 7.82 Å². The molecule has 0 amide bonds. The molecule has 0 atom stereocenters. The van der Waals surface area contributed by atoms with Gasteiger partial charge >= 0.3 is 7.82 Å². The first-order valence-electron chi connectivity index (χ1n) is 11.0. The summed E-state index contributed by atoms with van der Waals surface area (Å²) in [6, 6.07) is 28.8. The molecule has 0 unspecified atom stereocenters. The number of aliphatic hydroxyl groups excluding tert-OH is 1. The second kappa shape index (κ2) is 7.88. The third-order valence-corrected chi connectivity index (χ3v) is 6.94. The number of aliphatic hydroxyl groups is 1. The zero-order valence-electron chi connectivity index (χ0n) is 18.1. The Bertz CT molecular complexity index is 1700. The van der Waals surface area contributed by atoms with E-state index >= 15 is 0 Å². The SMILES string of the molecule is O=P(O)(O)OCc1cc(CO)cc(-c2ccc3c4cccc5cccc(c6cccc2c63)c54)c1. The molecule has 6 rings (SSSR count). The molecule has 0 aromatic heterocycles. The molecule has 0 aliphatic carbocycles. The summed E-state index contributed by atoms with van der Waals surface area (Å²) >= 11 is 0. The van der Waals surface area contributed by atoms with Crippen LogP contribution in [0.1, 0.15) is 11.1 Å². The highest BCUT2D eigenvalue weighted by atomic mass is 31.2. The van der Waals surface area contributed by atoms with Crippen molar-refractivity contribution in [1.29, 1.82) is 0 Å². The van der Waals surface area contributed by atoms with Crippen LogP contribution in [0.25, 0.3) is 54.2 Å². The van der Waals surface area contributed by atoms with Gasteiger partial charge in [-0.1, -0.05) is 72.8 Å². The van der Waals surface area contributed by atoms with Gasteiger partial charge in [-0.05, 0) is 77.5 Å². The normalized spacial score (nSPS) is 12.4. The van der Waals surface area contributed by atoms with Gasteiger partial charge in [0, 0.05) is 0 Å². The van der Waals surface area contributed by atoms with Gasteiger partial charge in [-0.3, -0.25) is 4.52 Å². The van der Waals surface area contributed by atoms with Crippen LogP contribution in [0.5, 0.6) is 0 Å². The summed E-state index contributed by atoms with van der Waals surface area (Å²) in [5, 5.41) is 19.3. The predicted octanol–water partition coefficient (Wildman–Crippen LogP) is 6.51. The van der Waals surface area contributed by atoms with E-state index in [1.807, 2.05) is 12.1 Å². The third kappa shape index (κ3) is 3.46. The molecule has 0 saturated carbocycles. The topological polar surface area (TPSA) is 87.0 Å². The van der Waals surface area contributed by atoms with Crippen LogP contribution in [0.4, 0.5) is 0 Å². The molecule has 34 heavy (non-hydrogen) atoms. The second-order valence-electron chi connectivity index (χ2n) is 8.56. The van der Waals surface area contributed by atoms with E-state index in [1.165, 1.54) is 37.7 Å². The number of phosphoric ester groups is 1. The highest BCUT2D eigenvalue weighted by Crippen LogP contribution is 2.43. The van der Waals surface area contributed by atoms with E-state index in [0.29, 0.717) is 11.1 Å². The van der Waals surface area contributed by atoms with Crippen LogP contribution in [0.15, 0.2) is 84.9 Å². The molecule has 0 saturated heterocycles. The zero-order chi connectivity index (χ0) is 23.4.